The first-order valence-corrected chi connectivity index (χ1v) is 14.2. The van der Waals surface area contributed by atoms with E-state index in [0.29, 0.717) is 17.9 Å². The van der Waals surface area contributed by atoms with Crippen molar-refractivity contribution < 1.29 is 37.7 Å². The lowest BCUT2D eigenvalue weighted by molar-refractivity contribution is -0.137. The van der Waals surface area contributed by atoms with E-state index in [2.05, 4.69) is 4.57 Å². The molecule has 0 radical (unpaired) electrons. The molecular formula is C37H26F3NO5. The number of rotatable bonds is 9. The molecule has 0 amide bonds. The zero-order chi connectivity index (χ0) is 32.4. The second-order valence-corrected chi connectivity index (χ2v) is 10.7. The summed E-state index contributed by atoms with van der Waals surface area (Å²) >= 11 is 0. The first kappa shape index (κ1) is 30.2. The average Bonchev–Trinajstić information content (AvgIpc) is 3.46. The maximum atomic E-state index is 13.2. The van der Waals surface area contributed by atoms with Gasteiger partial charge in [-0.2, -0.15) is 13.2 Å². The van der Waals surface area contributed by atoms with E-state index in [1.807, 2.05) is 72.8 Å². The van der Waals surface area contributed by atoms with Crippen molar-refractivity contribution in [2.24, 2.45) is 0 Å². The molecule has 230 valence electrons. The highest BCUT2D eigenvalue weighted by Gasteiger charge is 2.30. The number of halogens is 3. The van der Waals surface area contributed by atoms with Crippen molar-refractivity contribution in [3.63, 3.8) is 0 Å². The number of aromatic carboxylic acids is 2. The van der Waals surface area contributed by atoms with Gasteiger partial charge in [0.2, 0.25) is 0 Å². The summed E-state index contributed by atoms with van der Waals surface area (Å²) in [6.45, 7) is 0.261. The Balaban J connectivity index is 1.34. The summed E-state index contributed by atoms with van der Waals surface area (Å²) in [5.41, 5.74) is 3.72. The van der Waals surface area contributed by atoms with E-state index in [1.54, 1.807) is 6.07 Å². The quantitative estimate of drug-likeness (QED) is 0.168. The van der Waals surface area contributed by atoms with Gasteiger partial charge in [-0.15, -0.1) is 0 Å². The highest BCUT2D eigenvalue weighted by atomic mass is 19.4. The zero-order valence-corrected chi connectivity index (χ0v) is 24.2. The Bertz CT molecular complexity index is 2070. The van der Waals surface area contributed by atoms with Crippen LogP contribution in [0.4, 0.5) is 13.2 Å². The van der Waals surface area contributed by atoms with Gasteiger partial charge >= 0.3 is 18.1 Å². The van der Waals surface area contributed by atoms with Gasteiger partial charge in [0.15, 0.2) is 0 Å². The van der Waals surface area contributed by atoms with E-state index < -0.39 is 23.7 Å². The predicted molar refractivity (Wildman–Crippen MR) is 168 cm³/mol. The molecule has 0 spiro atoms. The third-order valence-electron chi connectivity index (χ3n) is 7.78. The summed E-state index contributed by atoms with van der Waals surface area (Å²) in [6, 6.07) is 34.2. The van der Waals surface area contributed by atoms with Crippen LogP contribution in [0.2, 0.25) is 0 Å². The smallest absolute Gasteiger partial charge is 0.416 e. The molecule has 6 rings (SSSR count). The summed E-state index contributed by atoms with van der Waals surface area (Å²) in [6.07, 6.45) is -4.41. The summed E-state index contributed by atoms with van der Waals surface area (Å²) in [7, 11) is 0. The first-order valence-electron chi connectivity index (χ1n) is 14.2. The molecule has 1 aromatic heterocycles. The van der Waals surface area contributed by atoms with E-state index in [-0.39, 0.29) is 17.7 Å². The molecule has 0 aliphatic carbocycles. The largest absolute Gasteiger partial charge is 0.488 e. The Hall–Kier alpha value is -5.83. The van der Waals surface area contributed by atoms with Crippen LogP contribution in [0, 0.1) is 0 Å². The molecule has 0 unspecified atom stereocenters. The fraction of sp³-hybridized carbons (Fsp3) is 0.0811. The Morgan fingerprint density at radius 1 is 0.696 bits per heavy atom. The molecule has 9 heteroatoms. The van der Waals surface area contributed by atoms with Crippen LogP contribution in [-0.2, 0) is 19.3 Å². The normalized spacial score (nSPS) is 11.5. The van der Waals surface area contributed by atoms with E-state index in [0.717, 1.165) is 57.0 Å². The molecule has 5 aromatic carbocycles. The Morgan fingerprint density at radius 2 is 1.41 bits per heavy atom. The van der Waals surface area contributed by atoms with Crippen molar-refractivity contribution in [2.45, 2.75) is 19.3 Å². The number of ether oxygens (including phenoxy) is 1. The number of benzene rings is 5. The Morgan fingerprint density at radius 3 is 2.09 bits per heavy atom. The van der Waals surface area contributed by atoms with Crippen molar-refractivity contribution in [3.8, 4) is 28.3 Å². The third-order valence-corrected chi connectivity index (χ3v) is 7.78. The summed E-state index contributed by atoms with van der Waals surface area (Å²) < 4.78 is 47.7. The van der Waals surface area contributed by atoms with Crippen LogP contribution in [0.15, 0.2) is 121 Å². The number of hydrogen-bond donors (Lipinski definition) is 2. The summed E-state index contributed by atoms with van der Waals surface area (Å²) in [4.78, 5) is 23.1. The number of carbonyl (C=O) groups is 2. The van der Waals surface area contributed by atoms with Crippen LogP contribution in [0.1, 0.15) is 37.4 Å². The molecule has 6 aromatic rings. The molecule has 1 heterocycles. The van der Waals surface area contributed by atoms with E-state index in [1.165, 1.54) is 24.3 Å². The second kappa shape index (κ2) is 12.3. The number of hydrogen-bond acceptors (Lipinski definition) is 3. The Labute approximate surface area is 261 Å². The standard InChI is InChI=1S/C37H26F3NO5/c38-37(39,40)29-14-9-23(10-15-29)21-41-32(24-5-2-1-3-6-24)17-18-33(41)26-13-16-30-25(19-26)7-4-8-34(30)46-22-28-12-11-27(35(42)43)20-31(28)36(44)45/h1-20H,21-22H2,(H,42,43)(H,44,45). The van der Waals surface area contributed by atoms with Gasteiger partial charge < -0.3 is 19.5 Å². The fourth-order valence-corrected chi connectivity index (χ4v) is 5.46. The van der Waals surface area contributed by atoms with Gasteiger partial charge in [0.1, 0.15) is 12.4 Å². The number of fused-ring (bicyclic) bond motifs is 1. The molecule has 0 atom stereocenters. The van der Waals surface area contributed by atoms with Crippen LogP contribution < -0.4 is 4.74 Å². The molecule has 0 aliphatic rings. The van der Waals surface area contributed by atoms with Crippen molar-refractivity contribution in [2.75, 3.05) is 0 Å². The predicted octanol–water partition coefficient (Wildman–Crippen LogP) is 9.02. The SMILES string of the molecule is O=C(O)c1ccc(COc2cccc3cc(-c4ccc(-c5ccccc5)n4Cc4ccc(C(F)(F)F)cc4)ccc23)c(C(=O)O)c1. The Kier molecular flexibility index (Phi) is 8.06. The van der Waals surface area contributed by atoms with Crippen LogP contribution in [-0.4, -0.2) is 26.7 Å². The molecule has 0 aliphatic heterocycles. The van der Waals surface area contributed by atoms with Gasteiger partial charge in [0.05, 0.1) is 16.7 Å². The van der Waals surface area contributed by atoms with Crippen LogP contribution in [0.3, 0.4) is 0 Å². The average molecular weight is 622 g/mol. The molecule has 2 N–H and O–H groups in total. The molecule has 6 nitrogen and oxygen atoms in total. The highest BCUT2D eigenvalue weighted by molar-refractivity contribution is 5.95. The number of carboxylic acid groups (broad SMARTS) is 2. The molecule has 0 bridgehead atoms. The third kappa shape index (κ3) is 6.21. The lowest BCUT2D eigenvalue weighted by atomic mass is 10.0. The van der Waals surface area contributed by atoms with Crippen molar-refractivity contribution >= 4 is 22.7 Å². The molecule has 0 saturated heterocycles. The van der Waals surface area contributed by atoms with Gasteiger partial charge in [-0.25, -0.2) is 9.59 Å². The van der Waals surface area contributed by atoms with Gasteiger partial charge in [-0.1, -0.05) is 66.7 Å². The van der Waals surface area contributed by atoms with Crippen LogP contribution in [0.5, 0.6) is 5.75 Å². The number of carboxylic acids is 2. The number of aromatic nitrogens is 1. The summed E-state index contributed by atoms with van der Waals surface area (Å²) in [5, 5.41) is 20.5. The first-order chi connectivity index (χ1) is 22.1. The van der Waals surface area contributed by atoms with E-state index in [4.69, 9.17) is 4.74 Å². The maximum absolute atomic E-state index is 13.2. The number of alkyl halides is 3. The van der Waals surface area contributed by atoms with E-state index >= 15 is 0 Å². The zero-order valence-electron chi connectivity index (χ0n) is 24.2. The minimum Gasteiger partial charge on any atom is -0.488 e. The topological polar surface area (TPSA) is 88.8 Å². The monoisotopic (exact) mass is 621 g/mol. The molecular weight excluding hydrogens is 595 g/mol. The van der Waals surface area contributed by atoms with Gasteiger partial charge in [0, 0.05) is 28.9 Å². The van der Waals surface area contributed by atoms with Crippen molar-refractivity contribution in [3.05, 3.63) is 149 Å². The fourth-order valence-electron chi connectivity index (χ4n) is 5.46. The van der Waals surface area contributed by atoms with Gasteiger partial charge in [0.25, 0.3) is 0 Å². The van der Waals surface area contributed by atoms with Gasteiger partial charge in [-0.05, 0) is 76.7 Å². The minimum absolute atomic E-state index is 0.0845. The van der Waals surface area contributed by atoms with Crippen LogP contribution >= 0.6 is 0 Å². The molecule has 0 fully saturated rings. The molecule has 46 heavy (non-hydrogen) atoms. The lowest BCUT2D eigenvalue weighted by Crippen LogP contribution is -2.08. The second-order valence-electron chi connectivity index (χ2n) is 10.7. The molecule has 0 saturated carbocycles. The number of nitrogens with zero attached hydrogens (tertiary/aromatic N) is 1. The van der Waals surface area contributed by atoms with Crippen molar-refractivity contribution in [1.82, 2.24) is 4.57 Å². The van der Waals surface area contributed by atoms with Crippen molar-refractivity contribution in [1.29, 1.82) is 0 Å². The lowest BCUT2D eigenvalue weighted by Gasteiger charge is -2.16. The highest BCUT2D eigenvalue weighted by Crippen LogP contribution is 2.35. The van der Waals surface area contributed by atoms with E-state index in [9.17, 15) is 33.0 Å². The minimum atomic E-state index is -4.41. The van der Waals surface area contributed by atoms with Crippen LogP contribution in [0.25, 0.3) is 33.3 Å². The summed E-state index contributed by atoms with van der Waals surface area (Å²) in [5.74, 6) is -1.95. The maximum Gasteiger partial charge on any atom is 0.416 e. The van der Waals surface area contributed by atoms with Gasteiger partial charge in [-0.3, -0.25) is 0 Å².